The van der Waals surface area contributed by atoms with Crippen LogP contribution in [-0.4, -0.2) is 39.9 Å². The van der Waals surface area contributed by atoms with Gasteiger partial charge in [0, 0.05) is 25.2 Å². The molecule has 29 heavy (non-hydrogen) atoms. The summed E-state index contributed by atoms with van der Waals surface area (Å²) in [5, 5.41) is 15.0. The van der Waals surface area contributed by atoms with Gasteiger partial charge in [-0.2, -0.15) is 0 Å². The third-order valence-electron chi connectivity index (χ3n) is 5.41. The van der Waals surface area contributed by atoms with Crippen LogP contribution >= 0.6 is 0 Å². The molecule has 0 spiro atoms. The molecule has 2 aromatic carbocycles. The van der Waals surface area contributed by atoms with Crippen LogP contribution in [0.15, 0.2) is 54.7 Å². The molecule has 1 fully saturated rings. The number of nitrogens with zero attached hydrogens (tertiary/aromatic N) is 2. The van der Waals surface area contributed by atoms with Gasteiger partial charge in [0.25, 0.3) is 5.91 Å². The van der Waals surface area contributed by atoms with E-state index < -0.39 is 0 Å². The smallest absolute Gasteiger partial charge is 0.257 e. The number of phenols is 1. The summed E-state index contributed by atoms with van der Waals surface area (Å²) in [4.78, 5) is 31.3. The van der Waals surface area contributed by atoms with Crippen molar-refractivity contribution in [1.29, 1.82) is 0 Å². The minimum Gasteiger partial charge on any atom is -0.507 e. The summed E-state index contributed by atoms with van der Waals surface area (Å²) in [7, 11) is 0. The van der Waals surface area contributed by atoms with E-state index in [1.54, 1.807) is 29.3 Å². The van der Waals surface area contributed by atoms with Crippen LogP contribution in [-0.2, 0) is 4.79 Å². The average Bonchev–Trinajstić information content (AvgIpc) is 2.74. The van der Waals surface area contributed by atoms with E-state index in [1.807, 2.05) is 37.3 Å². The van der Waals surface area contributed by atoms with Gasteiger partial charge in [-0.05, 0) is 54.3 Å². The summed E-state index contributed by atoms with van der Waals surface area (Å²) >= 11 is 0. The van der Waals surface area contributed by atoms with Crippen molar-refractivity contribution in [3.8, 4) is 5.75 Å². The van der Waals surface area contributed by atoms with E-state index in [0.29, 0.717) is 37.3 Å². The van der Waals surface area contributed by atoms with E-state index in [1.165, 1.54) is 0 Å². The van der Waals surface area contributed by atoms with Crippen molar-refractivity contribution in [3.05, 3.63) is 65.9 Å². The maximum Gasteiger partial charge on any atom is 0.257 e. The van der Waals surface area contributed by atoms with E-state index in [-0.39, 0.29) is 23.5 Å². The lowest BCUT2D eigenvalue weighted by Crippen LogP contribution is -2.41. The van der Waals surface area contributed by atoms with Gasteiger partial charge in [0.1, 0.15) is 11.6 Å². The van der Waals surface area contributed by atoms with Gasteiger partial charge in [0.15, 0.2) is 0 Å². The van der Waals surface area contributed by atoms with E-state index in [2.05, 4.69) is 10.3 Å². The second-order valence-corrected chi connectivity index (χ2v) is 7.49. The average molecular weight is 389 g/mol. The largest absolute Gasteiger partial charge is 0.507 e. The first-order chi connectivity index (χ1) is 14.0. The maximum atomic E-state index is 12.9. The van der Waals surface area contributed by atoms with E-state index in [4.69, 9.17) is 0 Å². The molecule has 0 bridgehead atoms. The Hall–Kier alpha value is -3.41. The molecule has 148 valence electrons. The van der Waals surface area contributed by atoms with Gasteiger partial charge >= 0.3 is 0 Å². The molecule has 1 aliphatic heterocycles. The van der Waals surface area contributed by atoms with Gasteiger partial charge < -0.3 is 15.3 Å². The van der Waals surface area contributed by atoms with Gasteiger partial charge in [-0.1, -0.05) is 30.3 Å². The number of aryl methyl sites for hydroxylation is 1. The van der Waals surface area contributed by atoms with Crippen LogP contribution in [0.4, 0.5) is 5.82 Å². The number of phenolic OH excluding ortho intramolecular Hbond substituents is 1. The van der Waals surface area contributed by atoms with Gasteiger partial charge in [0.2, 0.25) is 5.91 Å². The number of benzene rings is 2. The number of hydrogen-bond acceptors (Lipinski definition) is 4. The molecule has 2 N–H and O–H groups in total. The minimum absolute atomic E-state index is 0.0148. The molecule has 3 aromatic rings. The predicted octanol–water partition coefficient (Wildman–Crippen LogP) is 3.74. The summed E-state index contributed by atoms with van der Waals surface area (Å²) < 4.78 is 0. The molecule has 1 saturated heterocycles. The van der Waals surface area contributed by atoms with E-state index in [0.717, 1.165) is 16.3 Å². The van der Waals surface area contributed by atoms with Gasteiger partial charge in [-0.25, -0.2) is 4.98 Å². The lowest BCUT2D eigenvalue weighted by Gasteiger charge is -2.31. The highest BCUT2D eigenvalue weighted by molar-refractivity contribution is 6.01. The number of anilines is 1. The number of aromatic hydroxyl groups is 1. The Morgan fingerprint density at radius 3 is 2.41 bits per heavy atom. The second-order valence-electron chi connectivity index (χ2n) is 7.49. The Bertz CT molecular complexity index is 1050. The molecule has 2 heterocycles. The van der Waals surface area contributed by atoms with Gasteiger partial charge in [-0.15, -0.1) is 0 Å². The second kappa shape index (κ2) is 7.91. The van der Waals surface area contributed by atoms with Crippen LogP contribution in [0.2, 0.25) is 0 Å². The van der Waals surface area contributed by atoms with Crippen LogP contribution in [0.3, 0.4) is 0 Å². The highest BCUT2D eigenvalue weighted by Crippen LogP contribution is 2.28. The lowest BCUT2D eigenvalue weighted by molar-refractivity contribution is -0.121. The zero-order chi connectivity index (χ0) is 20.4. The number of pyridine rings is 1. The molecule has 0 atom stereocenters. The topological polar surface area (TPSA) is 82.5 Å². The fraction of sp³-hybridized carbons (Fsp3) is 0.261. The molecule has 1 aromatic heterocycles. The maximum absolute atomic E-state index is 12.9. The van der Waals surface area contributed by atoms with Gasteiger partial charge in [-0.3, -0.25) is 9.59 Å². The van der Waals surface area contributed by atoms with Crippen LogP contribution in [0.1, 0.15) is 28.8 Å². The van der Waals surface area contributed by atoms with Crippen molar-refractivity contribution in [3.63, 3.8) is 0 Å². The predicted molar refractivity (Wildman–Crippen MR) is 112 cm³/mol. The first-order valence-corrected chi connectivity index (χ1v) is 9.76. The Morgan fingerprint density at radius 2 is 1.76 bits per heavy atom. The molecule has 4 rings (SSSR count). The molecule has 6 heteroatoms. The molecule has 0 unspecified atom stereocenters. The van der Waals surface area contributed by atoms with Crippen LogP contribution < -0.4 is 5.32 Å². The van der Waals surface area contributed by atoms with Crippen LogP contribution in [0, 0.1) is 12.8 Å². The van der Waals surface area contributed by atoms with Crippen molar-refractivity contribution in [2.24, 2.45) is 5.92 Å². The highest BCUT2D eigenvalue weighted by Gasteiger charge is 2.29. The number of carbonyl (C=O) groups excluding carboxylic acids is 2. The SMILES string of the molecule is Cc1ccc(NC(=O)C2CCN(C(=O)c3cc4ccccc4cc3O)CC2)nc1. The van der Waals surface area contributed by atoms with Crippen LogP contribution in [0.5, 0.6) is 5.75 Å². The molecule has 1 aliphatic rings. The molecule has 0 radical (unpaired) electrons. The molecular weight excluding hydrogens is 366 g/mol. The number of rotatable bonds is 3. The highest BCUT2D eigenvalue weighted by atomic mass is 16.3. The van der Waals surface area contributed by atoms with Crippen molar-refractivity contribution in [2.45, 2.75) is 19.8 Å². The fourth-order valence-electron chi connectivity index (χ4n) is 3.68. The Morgan fingerprint density at radius 1 is 1.07 bits per heavy atom. The van der Waals surface area contributed by atoms with Crippen LogP contribution in [0.25, 0.3) is 10.8 Å². The first-order valence-electron chi connectivity index (χ1n) is 9.76. The fourth-order valence-corrected chi connectivity index (χ4v) is 3.68. The molecule has 0 aliphatic carbocycles. The van der Waals surface area contributed by atoms with Crippen molar-refractivity contribution < 1.29 is 14.7 Å². The molecule has 0 saturated carbocycles. The number of carbonyl (C=O) groups is 2. The number of amides is 2. The number of likely N-dealkylation sites (tertiary alicyclic amines) is 1. The third kappa shape index (κ3) is 4.06. The number of aromatic nitrogens is 1. The standard InChI is InChI=1S/C23H23N3O3/c1-15-6-7-21(24-14-15)25-22(28)16-8-10-26(11-9-16)23(29)19-12-17-4-2-3-5-18(17)13-20(19)27/h2-7,12-14,16,27H,8-11H2,1H3,(H,24,25,28). The van der Waals surface area contributed by atoms with Crippen molar-refractivity contribution >= 4 is 28.4 Å². The van der Waals surface area contributed by atoms with Gasteiger partial charge in [0.05, 0.1) is 5.56 Å². The Balaban J connectivity index is 1.40. The van der Waals surface area contributed by atoms with E-state index in [9.17, 15) is 14.7 Å². The molecular formula is C23H23N3O3. The summed E-state index contributed by atoms with van der Waals surface area (Å²) in [5.74, 6) is 0.0980. The lowest BCUT2D eigenvalue weighted by atomic mass is 9.95. The number of piperidine rings is 1. The normalized spacial score (nSPS) is 14.7. The monoisotopic (exact) mass is 389 g/mol. The summed E-state index contributed by atoms with van der Waals surface area (Å²) in [5.41, 5.74) is 1.34. The molecule has 2 amide bonds. The first kappa shape index (κ1) is 18.9. The molecule has 6 nitrogen and oxygen atoms in total. The number of hydrogen-bond donors (Lipinski definition) is 2. The number of nitrogens with one attached hydrogen (secondary N) is 1. The summed E-state index contributed by atoms with van der Waals surface area (Å²) in [6.07, 6.45) is 2.88. The van der Waals surface area contributed by atoms with Crippen molar-refractivity contribution in [2.75, 3.05) is 18.4 Å². The Labute approximate surface area is 169 Å². The summed E-state index contributed by atoms with van der Waals surface area (Å²) in [6.45, 7) is 2.90. The minimum atomic E-state index is -0.202. The van der Waals surface area contributed by atoms with Crippen molar-refractivity contribution in [1.82, 2.24) is 9.88 Å². The summed E-state index contributed by atoms with van der Waals surface area (Å²) in [6, 6.07) is 14.7. The zero-order valence-corrected chi connectivity index (χ0v) is 16.3. The zero-order valence-electron chi connectivity index (χ0n) is 16.3. The number of fused-ring (bicyclic) bond motifs is 1. The third-order valence-corrected chi connectivity index (χ3v) is 5.41. The quantitative estimate of drug-likeness (QED) is 0.715. The Kier molecular flexibility index (Phi) is 5.16. The van der Waals surface area contributed by atoms with E-state index >= 15 is 0 Å².